The van der Waals surface area contributed by atoms with Gasteiger partial charge in [0, 0.05) is 27.7 Å². The number of aryl methyl sites for hydroxylation is 3. The molecule has 0 amide bonds. The molecule has 0 unspecified atom stereocenters. The number of aromatic nitrogens is 4. The van der Waals surface area contributed by atoms with Gasteiger partial charge >= 0.3 is 0 Å². The number of nitrogens with one attached hydrogen (secondary N) is 1. The molecular weight excluding hydrogens is 454 g/mol. The first-order valence-electron chi connectivity index (χ1n) is 11.5. The highest BCUT2D eigenvalue weighted by molar-refractivity contribution is 6.24. The van der Waals surface area contributed by atoms with E-state index >= 15 is 0 Å². The maximum absolute atomic E-state index is 6.51. The Morgan fingerprint density at radius 2 is 1.81 bits per heavy atom. The van der Waals surface area contributed by atoms with Crippen molar-refractivity contribution in [1.29, 1.82) is 0 Å². The summed E-state index contributed by atoms with van der Waals surface area (Å²) in [5.41, 5.74) is 18.9. The Kier molecular flexibility index (Phi) is 5.68. The van der Waals surface area contributed by atoms with Crippen molar-refractivity contribution in [3.05, 3.63) is 71.0 Å². The molecule has 0 atom stereocenters. The summed E-state index contributed by atoms with van der Waals surface area (Å²) in [6, 6.07) is 13.7. The van der Waals surface area contributed by atoms with Crippen molar-refractivity contribution < 1.29 is 9.26 Å². The molecule has 182 valence electrons. The number of fused-ring (bicyclic) bond motifs is 3. The molecular formula is C27H27N7O2. The van der Waals surface area contributed by atoms with Crippen molar-refractivity contribution in [2.24, 2.45) is 16.5 Å². The van der Waals surface area contributed by atoms with E-state index in [4.69, 9.17) is 25.7 Å². The minimum absolute atomic E-state index is 0.272. The number of amidine groups is 1. The third-order valence-corrected chi connectivity index (χ3v) is 6.11. The van der Waals surface area contributed by atoms with Crippen molar-refractivity contribution in [2.75, 3.05) is 7.11 Å². The third kappa shape index (κ3) is 3.84. The molecule has 3 heterocycles. The quantitative estimate of drug-likeness (QED) is 0.235. The van der Waals surface area contributed by atoms with Crippen LogP contribution in [0, 0.1) is 20.8 Å². The molecule has 3 aromatic heterocycles. The minimum atomic E-state index is 0.272. The van der Waals surface area contributed by atoms with Crippen molar-refractivity contribution in [2.45, 2.75) is 27.7 Å². The number of methoxy groups -OCH3 is 1. The summed E-state index contributed by atoms with van der Waals surface area (Å²) in [7, 11) is 1.64. The average Bonchev–Trinajstić information content (AvgIpc) is 3.36. The molecule has 0 aliphatic rings. The normalized spacial score (nSPS) is 12.9. The molecule has 0 spiro atoms. The first kappa shape index (κ1) is 23.1. The summed E-state index contributed by atoms with van der Waals surface area (Å²) in [5, 5.41) is 5.70. The fraction of sp³-hybridized carbons (Fsp3) is 0.185. The number of rotatable bonds is 5. The number of nitrogens with two attached hydrogens (primary N) is 2. The topological polar surface area (TPSA) is 141 Å². The zero-order chi connectivity index (χ0) is 25.6. The standard InChI is InChI=1S/C27H27N7O2/c1-13(28)22(17-9-7-6-8-10-17)25(29)33-27-24-18-12-21(35-5)19(23-14(2)34-36-15(23)3)11-20(18)32-26(24)30-16(4)31-27/h6-12H,28H2,1-5H3,(H3,29,30,31,32,33)/b22-13-. The highest BCUT2D eigenvalue weighted by Crippen LogP contribution is 2.41. The summed E-state index contributed by atoms with van der Waals surface area (Å²) < 4.78 is 11.2. The Morgan fingerprint density at radius 1 is 1.06 bits per heavy atom. The van der Waals surface area contributed by atoms with E-state index in [1.807, 2.05) is 63.2 Å². The first-order valence-corrected chi connectivity index (χ1v) is 11.5. The van der Waals surface area contributed by atoms with E-state index in [1.165, 1.54) is 0 Å². The second kappa shape index (κ2) is 8.84. The largest absolute Gasteiger partial charge is 0.496 e. The van der Waals surface area contributed by atoms with Gasteiger partial charge in [0.1, 0.15) is 28.8 Å². The van der Waals surface area contributed by atoms with Crippen molar-refractivity contribution >= 4 is 39.2 Å². The van der Waals surface area contributed by atoms with Gasteiger partial charge in [-0.15, -0.1) is 0 Å². The SMILES string of the molecule is COc1cc2c(cc1-c1c(C)noc1C)[nH]c1nc(C)nc(N=C(N)/C(=C(/C)N)c3ccccc3)c12. The van der Waals surface area contributed by atoms with Crippen LogP contribution < -0.4 is 16.2 Å². The molecule has 36 heavy (non-hydrogen) atoms. The van der Waals surface area contributed by atoms with E-state index < -0.39 is 0 Å². The monoisotopic (exact) mass is 481 g/mol. The smallest absolute Gasteiger partial charge is 0.168 e. The number of benzene rings is 2. The van der Waals surface area contributed by atoms with Gasteiger partial charge in [0.15, 0.2) is 5.82 Å². The molecule has 0 fully saturated rings. The predicted molar refractivity (Wildman–Crippen MR) is 142 cm³/mol. The van der Waals surface area contributed by atoms with Crippen LogP contribution in [-0.4, -0.2) is 33.1 Å². The van der Waals surface area contributed by atoms with Crippen LogP contribution in [0.25, 0.3) is 38.6 Å². The summed E-state index contributed by atoms with van der Waals surface area (Å²) in [6.07, 6.45) is 0. The van der Waals surface area contributed by atoms with Gasteiger partial charge < -0.3 is 25.7 Å². The lowest BCUT2D eigenvalue weighted by Gasteiger charge is -2.11. The summed E-state index contributed by atoms with van der Waals surface area (Å²) >= 11 is 0. The van der Waals surface area contributed by atoms with E-state index in [1.54, 1.807) is 14.0 Å². The Bertz CT molecular complexity index is 1650. The van der Waals surface area contributed by atoms with Crippen LogP contribution in [0.4, 0.5) is 5.82 Å². The predicted octanol–water partition coefficient (Wildman–Crippen LogP) is 5.08. The van der Waals surface area contributed by atoms with Gasteiger partial charge in [0.2, 0.25) is 0 Å². The summed E-state index contributed by atoms with van der Waals surface area (Å²) in [5.74, 6) is 2.67. The number of aliphatic imine (C=N–C) groups is 1. The second-order valence-corrected chi connectivity index (χ2v) is 8.66. The van der Waals surface area contributed by atoms with Crippen LogP contribution >= 0.6 is 0 Å². The van der Waals surface area contributed by atoms with Crippen LogP contribution in [0.2, 0.25) is 0 Å². The fourth-order valence-electron chi connectivity index (χ4n) is 4.58. The number of allylic oxidation sites excluding steroid dienone is 1. The molecule has 9 heteroatoms. The van der Waals surface area contributed by atoms with Gasteiger partial charge in [-0.25, -0.2) is 15.0 Å². The summed E-state index contributed by atoms with van der Waals surface area (Å²) in [4.78, 5) is 17.4. The highest BCUT2D eigenvalue weighted by atomic mass is 16.5. The van der Waals surface area contributed by atoms with Gasteiger partial charge in [-0.1, -0.05) is 35.5 Å². The van der Waals surface area contributed by atoms with Crippen molar-refractivity contribution in [1.82, 2.24) is 20.1 Å². The highest BCUT2D eigenvalue weighted by Gasteiger charge is 2.21. The van der Waals surface area contributed by atoms with E-state index in [0.29, 0.717) is 40.1 Å². The fourth-order valence-corrected chi connectivity index (χ4v) is 4.58. The Labute approximate surface area is 207 Å². The lowest BCUT2D eigenvalue weighted by Crippen LogP contribution is -2.17. The van der Waals surface area contributed by atoms with Crippen LogP contribution in [0.15, 0.2) is 57.7 Å². The Hall–Kier alpha value is -4.66. The zero-order valence-electron chi connectivity index (χ0n) is 20.8. The Balaban J connectivity index is 1.76. The number of hydrogen-bond acceptors (Lipinski definition) is 7. The maximum atomic E-state index is 6.51. The van der Waals surface area contributed by atoms with Crippen LogP contribution in [0.3, 0.4) is 0 Å². The first-order chi connectivity index (χ1) is 17.3. The molecule has 9 nitrogen and oxygen atoms in total. The second-order valence-electron chi connectivity index (χ2n) is 8.66. The molecule has 5 N–H and O–H groups in total. The number of hydrogen-bond donors (Lipinski definition) is 3. The third-order valence-electron chi connectivity index (χ3n) is 6.11. The molecule has 5 rings (SSSR count). The molecule has 0 aliphatic heterocycles. The Morgan fingerprint density at radius 3 is 2.44 bits per heavy atom. The molecule has 5 aromatic rings. The molecule has 0 saturated carbocycles. The summed E-state index contributed by atoms with van der Waals surface area (Å²) in [6.45, 7) is 7.41. The lowest BCUT2D eigenvalue weighted by atomic mass is 10.0. The van der Waals surface area contributed by atoms with E-state index in [2.05, 4.69) is 20.1 Å². The number of H-pyrrole nitrogens is 1. The molecule has 0 aliphatic carbocycles. The maximum Gasteiger partial charge on any atom is 0.168 e. The molecule has 0 radical (unpaired) electrons. The molecule has 0 saturated heterocycles. The lowest BCUT2D eigenvalue weighted by molar-refractivity contribution is 0.393. The van der Waals surface area contributed by atoms with Gasteiger partial charge in [0.25, 0.3) is 0 Å². The van der Waals surface area contributed by atoms with Gasteiger partial charge in [-0.3, -0.25) is 0 Å². The average molecular weight is 482 g/mol. The molecule has 2 aromatic carbocycles. The minimum Gasteiger partial charge on any atom is -0.496 e. The van der Waals surface area contributed by atoms with Crippen molar-refractivity contribution in [3.63, 3.8) is 0 Å². The zero-order valence-corrected chi connectivity index (χ0v) is 20.8. The van der Waals surface area contributed by atoms with Gasteiger partial charge in [-0.2, -0.15) is 0 Å². The number of ether oxygens (including phenoxy) is 1. The molecule has 0 bridgehead atoms. The number of nitrogens with zero attached hydrogens (tertiary/aromatic N) is 4. The van der Waals surface area contributed by atoms with Crippen molar-refractivity contribution in [3.8, 4) is 16.9 Å². The van der Waals surface area contributed by atoms with Crippen LogP contribution in [0.5, 0.6) is 5.75 Å². The van der Waals surface area contributed by atoms with E-state index in [0.717, 1.165) is 38.7 Å². The van der Waals surface area contributed by atoms with E-state index in [-0.39, 0.29) is 5.84 Å². The van der Waals surface area contributed by atoms with Crippen LogP contribution in [-0.2, 0) is 0 Å². The van der Waals surface area contributed by atoms with Gasteiger partial charge in [0.05, 0.1) is 23.8 Å². The number of aromatic amines is 1. The van der Waals surface area contributed by atoms with Crippen LogP contribution in [0.1, 0.15) is 29.8 Å². The van der Waals surface area contributed by atoms with Gasteiger partial charge in [-0.05, 0) is 45.4 Å². The van der Waals surface area contributed by atoms with E-state index in [9.17, 15) is 0 Å².